The number of likely N-dealkylation sites (N-methyl/N-ethyl adjacent to an activating group) is 2. The summed E-state index contributed by atoms with van der Waals surface area (Å²) < 4.78 is 0. The molecule has 0 radical (unpaired) electrons. The van der Waals surface area contributed by atoms with Crippen molar-refractivity contribution in [2.75, 3.05) is 54.4 Å². The molecule has 4 atom stereocenters. The van der Waals surface area contributed by atoms with Gasteiger partial charge in [0.15, 0.2) is 0 Å². The number of rotatable bonds is 22. The molecule has 1 aliphatic heterocycles. The first kappa shape index (κ1) is 53.2. The van der Waals surface area contributed by atoms with Crippen LogP contribution in [0.1, 0.15) is 111 Å². The minimum atomic E-state index is -0.587. The van der Waals surface area contributed by atoms with E-state index < -0.39 is 23.8 Å². The van der Waals surface area contributed by atoms with Crippen LogP contribution in [-0.4, -0.2) is 95.2 Å². The van der Waals surface area contributed by atoms with Gasteiger partial charge in [-0.25, -0.2) is 4.79 Å². The Morgan fingerprint density at radius 3 is 1.58 bits per heavy atom. The fraction of sp³-hybridized carbons (Fsp3) is 0.871. The maximum absolute atomic E-state index is 11.8. The number of hydroxylamine groups is 2. The lowest BCUT2D eigenvalue weighted by atomic mass is 10.1. The van der Waals surface area contributed by atoms with E-state index in [0.717, 1.165) is 64.7 Å². The van der Waals surface area contributed by atoms with Crippen LogP contribution in [0.5, 0.6) is 0 Å². The van der Waals surface area contributed by atoms with Crippen molar-refractivity contribution in [3.05, 3.63) is 0 Å². The van der Waals surface area contributed by atoms with Gasteiger partial charge in [-0.2, -0.15) is 19.8 Å². The number of nitrogens with one attached hydrogen (secondary N) is 5. The van der Waals surface area contributed by atoms with E-state index >= 15 is 0 Å². The second-order valence-electron chi connectivity index (χ2n) is 10.4. The van der Waals surface area contributed by atoms with Crippen LogP contribution in [0.4, 0.5) is 0 Å². The minimum Gasteiger partial charge on any atom is -0.355 e. The molecule has 1 saturated heterocycles. The average molecular weight is 686 g/mol. The van der Waals surface area contributed by atoms with Crippen molar-refractivity contribution < 1.29 is 24.0 Å². The highest BCUT2D eigenvalue weighted by Gasteiger charge is 2.34. The molecule has 14 heteroatoms. The molecule has 4 unspecified atom stereocenters. The van der Waals surface area contributed by atoms with E-state index in [1.165, 1.54) is 32.1 Å². The summed E-state index contributed by atoms with van der Waals surface area (Å²) in [5.41, 5.74) is 5.21. The van der Waals surface area contributed by atoms with Crippen LogP contribution >= 0.6 is 19.8 Å². The highest BCUT2D eigenvalue weighted by Crippen LogP contribution is 2.13. The van der Waals surface area contributed by atoms with E-state index in [1.807, 2.05) is 21.1 Å². The SMILES string of the molecule is C.CCCCCN.CCCCCNC(=O)C(CCCCNC)NC.CNCCCCC(NC)C(=O)ON1C(=O)CCC1=O.P.P. The Hall–Kier alpha value is -1.26. The molecule has 1 heterocycles. The topological polar surface area (TPSA) is 167 Å². The largest absolute Gasteiger partial charge is 0.355 e. The van der Waals surface area contributed by atoms with Gasteiger partial charge in [-0.1, -0.05) is 59.8 Å². The lowest BCUT2D eigenvalue weighted by Gasteiger charge is -2.18. The zero-order valence-corrected chi connectivity index (χ0v) is 31.7. The van der Waals surface area contributed by atoms with Crippen molar-refractivity contribution in [1.29, 1.82) is 0 Å². The van der Waals surface area contributed by atoms with E-state index in [4.69, 9.17) is 10.6 Å². The predicted octanol–water partition coefficient (Wildman–Crippen LogP) is 2.73. The van der Waals surface area contributed by atoms with E-state index in [0.29, 0.717) is 11.5 Å². The van der Waals surface area contributed by atoms with Gasteiger partial charge in [-0.05, 0) is 86.3 Å². The van der Waals surface area contributed by atoms with Gasteiger partial charge >= 0.3 is 5.97 Å². The Bertz CT molecular complexity index is 689. The van der Waals surface area contributed by atoms with Crippen LogP contribution in [0, 0.1) is 0 Å². The normalized spacial score (nSPS) is 13.0. The van der Waals surface area contributed by atoms with E-state index in [1.54, 1.807) is 7.05 Å². The van der Waals surface area contributed by atoms with Crippen molar-refractivity contribution in [3.8, 4) is 0 Å². The van der Waals surface area contributed by atoms with Crippen LogP contribution < -0.4 is 32.3 Å². The first-order chi connectivity index (χ1) is 20.3. The van der Waals surface area contributed by atoms with Gasteiger partial charge in [0.25, 0.3) is 11.8 Å². The third kappa shape index (κ3) is 29.9. The molecule has 12 nitrogen and oxygen atoms in total. The molecule has 0 aromatic heterocycles. The van der Waals surface area contributed by atoms with Gasteiger partial charge in [0.1, 0.15) is 6.04 Å². The highest BCUT2D eigenvalue weighted by atomic mass is 31.0. The second-order valence-corrected chi connectivity index (χ2v) is 10.4. The zero-order chi connectivity index (χ0) is 32.0. The summed E-state index contributed by atoms with van der Waals surface area (Å²) in [6.07, 6.45) is 13.0. The van der Waals surface area contributed by atoms with E-state index in [9.17, 15) is 19.2 Å². The standard InChI is InChI=1S/C13H29N3O.C12H21N3O4.C5H13N.CH4.2H3P/c1-4-5-7-11-16-13(17)12(15-3)9-6-8-10-14-2;1-13-8-4-3-5-9(14-2)12(18)19-15-10(16)6-7-11(15)17;1-2-3-4-5-6;;;/h12,14-15H,4-11H2,1-3H3,(H,16,17);9,13-14H,3-8H2,1-2H3;2-6H2,1H3;1H4;2*1H3. The summed E-state index contributed by atoms with van der Waals surface area (Å²) in [5, 5.41) is 15.6. The third-order valence-corrected chi connectivity index (χ3v) is 6.71. The molecule has 1 rings (SSSR count). The van der Waals surface area contributed by atoms with Crippen molar-refractivity contribution >= 4 is 43.5 Å². The van der Waals surface area contributed by atoms with Crippen molar-refractivity contribution in [2.45, 2.75) is 123 Å². The fourth-order valence-corrected chi connectivity index (χ4v) is 4.00. The van der Waals surface area contributed by atoms with Gasteiger partial charge < -0.3 is 37.2 Å². The van der Waals surface area contributed by atoms with Gasteiger partial charge in [-0.3, -0.25) is 14.4 Å². The first-order valence-corrected chi connectivity index (χ1v) is 16.0. The fourth-order valence-electron chi connectivity index (χ4n) is 4.00. The molecule has 0 aromatic carbocycles. The molecule has 3 amide bonds. The molecule has 1 aliphatic rings. The lowest BCUT2D eigenvalue weighted by Crippen LogP contribution is -2.42. The molecule has 45 heavy (non-hydrogen) atoms. The Morgan fingerprint density at radius 1 is 0.733 bits per heavy atom. The van der Waals surface area contributed by atoms with Crippen molar-refractivity contribution in [2.24, 2.45) is 5.73 Å². The van der Waals surface area contributed by atoms with Crippen LogP contribution in [0.2, 0.25) is 0 Å². The molecule has 1 fully saturated rings. The van der Waals surface area contributed by atoms with Crippen LogP contribution in [0.15, 0.2) is 0 Å². The summed E-state index contributed by atoms with van der Waals surface area (Å²) in [7, 11) is 7.33. The lowest BCUT2D eigenvalue weighted by molar-refractivity contribution is -0.199. The Balaban J connectivity index is -0.000000191. The average Bonchev–Trinajstić information content (AvgIpc) is 3.31. The van der Waals surface area contributed by atoms with Crippen molar-refractivity contribution in [3.63, 3.8) is 0 Å². The number of hydrogen-bond acceptors (Lipinski definition) is 10. The summed E-state index contributed by atoms with van der Waals surface area (Å²) in [6.45, 7) is 7.91. The van der Waals surface area contributed by atoms with Gasteiger partial charge in [-0.15, -0.1) is 5.06 Å². The number of nitrogens with zero attached hydrogens (tertiary/aromatic N) is 1. The summed E-state index contributed by atoms with van der Waals surface area (Å²) in [4.78, 5) is 51.2. The monoisotopic (exact) mass is 686 g/mol. The van der Waals surface area contributed by atoms with E-state index in [2.05, 4.69) is 40.4 Å². The van der Waals surface area contributed by atoms with Gasteiger partial charge in [0, 0.05) is 19.4 Å². The Kier molecular flexibility index (Phi) is 46.0. The predicted molar refractivity (Wildman–Crippen MR) is 198 cm³/mol. The zero-order valence-electron chi connectivity index (χ0n) is 28.9. The number of imide groups is 1. The number of hydrogen-bond donors (Lipinski definition) is 6. The maximum atomic E-state index is 11.8. The first-order valence-electron chi connectivity index (χ1n) is 16.0. The Labute approximate surface area is 282 Å². The summed E-state index contributed by atoms with van der Waals surface area (Å²) >= 11 is 0. The van der Waals surface area contributed by atoms with Crippen LogP contribution in [-0.2, 0) is 24.0 Å². The number of nitrogens with two attached hydrogens (primary N) is 1. The minimum absolute atomic E-state index is 0. The molecule has 272 valence electrons. The molecule has 7 N–H and O–H groups in total. The second kappa shape index (κ2) is 38.9. The summed E-state index contributed by atoms with van der Waals surface area (Å²) in [6, 6.07) is -0.536. The smallest absolute Gasteiger partial charge is 0.349 e. The molecule has 0 saturated carbocycles. The molecule has 0 aliphatic carbocycles. The quantitative estimate of drug-likeness (QED) is 0.0567. The summed E-state index contributed by atoms with van der Waals surface area (Å²) in [5.74, 6) is -1.35. The van der Waals surface area contributed by atoms with Crippen molar-refractivity contribution in [1.82, 2.24) is 31.6 Å². The third-order valence-electron chi connectivity index (χ3n) is 6.71. The molecule has 0 aromatic rings. The number of carbonyl (C=O) groups excluding carboxylic acids is 4. The van der Waals surface area contributed by atoms with Crippen LogP contribution in [0.3, 0.4) is 0 Å². The Morgan fingerprint density at radius 2 is 1.18 bits per heavy atom. The molecule has 0 bridgehead atoms. The van der Waals surface area contributed by atoms with E-state index in [-0.39, 0.29) is 52.0 Å². The molecular formula is C31H73N7O5P2. The maximum Gasteiger partial charge on any atom is 0.349 e. The molecular weight excluding hydrogens is 612 g/mol. The van der Waals surface area contributed by atoms with Gasteiger partial charge in [0.2, 0.25) is 5.91 Å². The van der Waals surface area contributed by atoms with Crippen LogP contribution in [0.25, 0.3) is 0 Å². The number of carbonyl (C=O) groups is 4. The molecule has 0 spiro atoms. The number of unbranched alkanes of at least 4 members (excludes halogenated alkanes) is 6. The highest BCUT2D eigenvalue weighted by molar-refractivity contribution is 6.92. The number of amides is 3. The van der Waals surface area contributed by atoms with Gasteiger partial charge in [0.05, 0.1) is 6.04 Å².